The van der Waals surface area contributed by atoms with E-state index < -0.39 is 0 Å². The van der Waals surface area contributed by atoms with Crippen LogP contribution in [-0.2, 0) is 6.42 Å². The van der Waals surface area contributed by atoms with E-state index in [-0.39, 0.29) is 6.10 Å². The van der Waals surface area contributed by atoms with E-state index in [0.29, 0.717) is 5.92 Å². The smallest absolute Gasteiger partial charge is 0.0934 e. The third kappa shape index (κ3) is 2.38. The fourth-order valence-electron chi connectivity index (χ4n) is 1.32. The summed E-state index contributed by atoms with van der Waals surface area (Å²) in [5.41, 5.74) is 1.16. The highest BCUT2D eigenvalue weighted by Gasteiger charge is 2.12. The van der Waals surface area contributed by atoms with Crippen LogP contribution < -0.4 is 0 Å². The topological polar surface area (TPSA) is 33.4 Å². The van der Waals surface area contributed by atoms with Crippen molar-refractivity contribution >= 4 is 0 Å². The Balaban J connectivity index is 2.41. The van der Waals surface area contributed by atoms with Crippen molar-refractivity contribution in [1.82, 2.24) is 0 Å². The van der Waals surface area contributed by atoms with Gasteiger partial charge in [0.1, 0.15) is 0 Å². The second-order valence-electron chi connectivity index (χ2n) is 3.29. The minimum absolute atomic E-state index is 0.195. The molecule has 1 aromatic heterocycles. The standard InChI is InChI=1S/C10H16O2/c1-3-10(11)8(2)6-9-4-5-12-7-9/h4-5,7-8,10-11H,3,6H2,1-2H3. The summed E-state index contributed by atoms with van der Waals surface area (Å²) in [5.74, 6) is 0.313. The molecule has 12 heavy (non-hydrogen) atoms. The molecule has 0 amide bonds. The summed E-state index contributed by atoms with van der Waals surface area (Å²) >= 11 is 0. The summed E-state index contributed by atoms with van der Waals surface area (Å²) in [6.45, 7) is 4.05. The molecule has 0 aliphatic heterocycles. The monoisotopic (exact) mass is 168 g/mol. The molecular weight excluding hydrogens is 152 g/mol. The van der Waals surface area contributed by atoms with Gasteiger partial charge in [-0.2, -0.15) is 0 Å². The fraction of sp³-hybridized carbons (Fsp3) is 0.600. The number of hydrogen-bond donors (Lipinski definition) is 1. The summed E-state index contributed by atoms with van der Waals surface area (Å²) in [4.78, 5) is 0. The molecule has 2 atom stereocenters. The third-order valence-electron chi connectivity index (χ3n) is 2.21. The molecule has 0 fully saturated rings. The van der Waals surface area contributed by atoms with Crippen LogP contribution in [0.4, 0.5) is 0 Å². The van der Waals surface area contributed by atoms with Crippen LogP contribution >= 0.6 is 0 Å². The average molecular weight is 168 g/mol. The fourth-order valence-corrected chi connectivity index (χ4v) is 1.32. The van der Waals surface area contributed by atoms with Gasteiger partial charge in [-0.15, -0.1) is 0 Å². The molecule has 68 valence electrons. The molecule has 0 saturated heterocycles. The lowest BCUT2D eigenvalue weighted by atomic mass is 9.96. The lowest BCUT2D eigenvalue weighted by molar-refractivity contribution is 0.112. The molecule has 2 nitrogen and oxygen atoms in total. The summed E-state index contributed by atoms with van der Waals surface area (Å²) in [7, 11) is 0. The maximum Gasteiger partial charge on any atom is 0.0934 e. The molecule has 1 rings (SSSR count). The summed E-state index contributed by atoms with van der Waals surface area (Å²) in [6, 6.07) is 1.94. The van der Waals surface area contributed by atoms with Crippen molar-refractivity contribution in [1.29, 1.82) is 0 Å². The van der Waals surface area contributed by atoms with Crippen LogP contribution in [0.5, 0.6) is 0 Å². The van der Waals surface area contributed by atoms with E-state index in [1.165, 1.54) is 0 Å². The van der Waals surface area contributed by atoms with Gasteiger partial charge in [0.15, 0.2) is 0 Å². The van der Waals surface area contributed by atoms with Crippen molar-refractivity contribution in [2.75, 3.05) is 0 Å². The number of furan rings is 1. The Kier molecular flexibility index (Phi) is 3.35. The molecule has 2 heteroatoms. The minimum Gasteiger partial charge on any atom is -0.472 e. The first-order valence-corrected chi connectivity index (χ1v) is 4.43. The van der Waals surface area contributed by atoms with Crippen molar-refractivity contribution in [3.63, 3.8) is 0 Å². The van der Waals surface area contributed by atoms with Gasteiger partial charge in [0.2, 0.25) is 0 Å². The van der Waals surface area contributed by atoms with Crippen molar-refractivity contribution in [2.45, 2.75) is 32.8 Å². The largest absolute Gasteiger partial charge is 0.472 e. The van der Waals surface area contributed by atoms with Crippen LogP contribution in [0, 0.1) is 5.92 Å². The van der Waals surface area contributed by atoms with Gasteiger partial charge in [0, 0.05) is 0 Å². The highest BCUT2D eigenvalue weighted by Crippen LogP contribution is 2.14. The third-order valence-corrected chi connectivity index (χ3v) is 2.21. The number of aliphatic hydroxyl groups is 1. The lowest BCUT2D eigenvalue weighted by Gasteiger charge is -2.15. The van der Waals surface area contributed by atoms with E-state index in [9.17, 15) is 5.11 Å². The van der Waals surface area contributed by atoms with Crippen LogP contribution in [-0.4, -0.2) is 11.2 Å². The van der Waals surface area contributed by atoms with Crippen molar-refractivity contribution < 1.29 is 9.52 Å². The summed E-state index contributed by atoms with van der Waals surface area (Å²) in [5, 5.41) is 9.49. The molecule has 1 aromatic rings. The van der Waals surface area contributed by atoms with Gasteiger partial charge in [0.05, 0.1) is 18.6 Å². The van der Waals surface area contributed by atoms with Gasteiger partial charge in [-0.3, -0.25) is 0 Å². The Hall–Kier alpha value is -0.760. The lowest BCUT2D eigenvalue weighted by Crippen LogP contribution is -2.18. The van der Waals surface area contributed by atoms with E-state index in [2.05, 4.69) is 6.92 Å². The van der Waals surface area contributed by atoms with E-state index in [1.807, 2.05) is 13.0 Å². The number of hydrogen-bond acceptors (Lipinski definition) is 2. The Morgan fingerprint density at radius 3 is 2.83 bits per heavy atom. The zero-order valence-electron chi connectivity index (χ0n) is 7.66. The Bertz CT molecular complexity index is 204. The molecule has 0 aliphatic carbocycles. The van der Waals surface area contributed by atoms with Crippen LogP contribution in [0.2, 0.25) is 0 Å². The molecular formula is C10H16O2. The molecule has 0 saturated carbocycles. The van der Waals surface area contributed by atoms with Gasteiger partial charge in [-0.1, -0.05) is 13.8 Å². The zero-order chi connectivity index (χ0) is 8.97. The first-order valence-electron chi connectivity index (χ1n) is 4.43. The van der Waals surface area contributed by atoms with E-state index in [4.69, 9.17) is 4.42 Å². The van der Waals surface area contributed by atoms with Gasteiger partial charge in [-0.05, 0) is 30.4 Å². The number of rotatable bonds is 4. The van der Waals surface area contributed by atoms with Gasteiger partial charge in [0.25, 0.3) is 0 Å². The molecule has 1 heterocycles. The molecule has 0 bridgehead atoms. The predicted molar refractivity (Wildman–Crippen MR) is 47.9 cm³/mol. The normalized spacial score (nSPS) is 15.9. The second kappa shape index (κ2) is 4.31. The zero-order valence-corrected chi connectivity index (χ0v) is 7.66. The van der Waals surface area contributed by atoms with Crippen molar-refractivity contribution in [3.05, 3.63) is 24.2 Å². The van der Waals surface area contributed by atoms with Crippen LogP contribution in [0.15, 0.2) is 23.0 Å². The van der Waals surface area contributed by atoms with Crippen LogP contribution in [0.3, 0.4) is 0 Å². The van der Waals surface area contributed by atoms with Gasteiger partial charge in [-0.25, -0.2) is 0 Å². The second-order valence-corrected chi connectivity index (χ2v) is 3.29. The molecule has 0 aromatic carbocycles. The minimum atomic E-state index is -0.195. The Labute approximate surface area is 73.2 Å². The maximum absolute atomic E-state index is 9.49. The number of aliphatic hydroxyl groups excluding tert-OH is 1. The predicted octanol–water partition coefficient (Wildman–Crippen LogP) is 2.23. The SMILES string of the molecule is CCC(O)C(C)Cc1ccoc1. The summed E-state index contributed by atoms with van der Waals surface area (Å²) < 4.78 is 4.95. The van der Waals surface area contributed by atoms with E-state index in [1.54, 1.807) is 12.5 Å². The average Bonchev–Trinajstić information content (AvgIpc) is 2.55. The molecule has 0 aliphatic rings. The highest BCUT2D eigenvalue weighted by atomic mass is 16.3. The first kappa shape index (κ1) is 9.33. The van der Waals surface area contributed by atoms with Gasteiger partial charge >= 0.3 is 0 Å². The van der Waals surface area contributed by atoms with Crippen LogP contribution in [0.1, 0.15) is 25.8 Å². The van der Waals surface area contributed by atoms with Crippen LogP contribution in [0.25, 0.3) is 0 Å². The maximum atomic E-state index is 9.49. The van der Waals surface area contributed by atoms with Crippen molar-refractivity contribution in [2.24, 2.45) is 5.92 Å². The summed E-state index contributed by atoms with van der Waals surface area (Å²) in [6.07, 6.45) is 4.92. The van der Waals surface area contributed by atoms with E-state index in [0.717, 1.165) is 18.4 Å². The van der Waals surface area contributed by atoms with E-state index >= 15 is 0 Å². The molecule has 2 unspecified atom stereocenters. The first-order chi connectivity index (χ1) is 5.74. The van der Waals surface area contributed by atoms with Gasteiger partial charge < -0.3 is 9.52 Å². The highest BCUT2D eigenvalue weighted by molar-refractivity contribution is 5.06. The molecule has 0 radical (unpaired) electrons. The molecule has 0 spiro atoms. The van der Waals surface area contributed by atoms with Crippen molar-refractivity contribution in [3.8, 4) is 0 Å². The Morgan fingerprint density at radius 1 is 1.58 bits per heavy atom. The molecule has 1 N–H and O–H groups in total. The quantitative estimate of drug-likeness (QED) is 0.747. The Morgan fingerprint density at radius 2 is 2.33 bits per heavy atom.